The van der Waals surface area contributed by atoms with Gasteiger partial charge in [0.15, 0.2) is 11.6 Å². The molecule has 0 unspecified atom stereocenters. The Morgan fingerprint density at radius 1 is 1.13 bits per heavy atom. The monoisotopic (exact) mass is 428 g/mol. The summed E-state index contributed by atoms with van der Waals surface area (Å²) in [5.74, 6) is -3.32. The average Bonchev–Trinajstić information content (AvgIpc) is 2.68. The second-order valence-electron chi connectivity index (χ2n) is 6.75. The molecule has 2 aromatic rings. The molecule has 0 aliphatic carbocycles. The van der Waals surface area contributed by atoms with Crippen molar-refractivity contribution in [2.24, 2.45) is 4.99 Å². The summed E-state index contributed by atoms with van der Waals surface area (Å²) >= 11 is 0. The van der Waals surface area contributed by atoms with Crippen LogP contribution in [0.2, 0.25) is 0 Å². The Kier molecular flexibility index (Phi) is 7.17. The van der Waals surface area contributed by atoms with Crippen LogP contribution in [-0.4, -0.2) is 30.8 Å². The van der Waals surface area contributed by atoms with Crippen molar-refractivity contribution in [1.29, 1.82) is 0 Å². The van der Waals surface area contributed by atoms with Gasteiger partial charge in [-0.2, -0.15) is 13.2 Å². The van der Waals surface area contributed by atoms with Gasteiger partial charge < -0.3 is 9.64 Å². The molecule has 0 N–H and O–H groups in total. The summed E-state index contributed by atoms with van der Waals surface area (Å²) in [5, 5.41) is 0. The minimum atomic E-state index is -4.76. The number of hydrogen-bond acceptors (Lipinski definition) is 3. The van der Waals surface area contributed by atoms with Gasteiger partial charge in [-0.15, -0.1) is 0 Å². The Morgan fingerprint density at radius 2 is 1.80 bits per heavy atom. The minimum Gasteiger partial charge on any atom is -0.457 e. The molecule has 2 rings (SSSR count). The van der Waals surface area contributed by atoms with Crippen LogP contribution < -0.4 is 0 Å². The molecule has 162 valence electrons. The first-order valence-corrected chi connectivity index (χ1v) is 9.02. The van der Waals surface area contributed by atoms with Gasteiger partial charge in [-0.25, -0.2) is 18.6 Å². The van der Waals surface area contributed by atoms with Crippen LogP contribution in [-0.2, 0) is 17.5 Å². The molecule has 0 bridgehead atoms. The zero-order chi connectivity index (χ0) is 22.6. The molecule has 0 aromatic heterocycles. The lowest BCUT2D eigenvalue weighted by molar-refractivity contribution is -0.137. The number of alkyl halides is 3. The summed E-state index contributed by atoms with van der Waals surface area (Å²) in [4.78, 5) is 17.8. The van der Waals surface area contributed by atoms with Crippen molar-refractivity contribution in [1.82, 2.24) is 4.90 Å². The summed E-state index contributed by atoms with van der Waals surface area (Å²) < 4.78 is 72.9. The smallest absolute Gasteiger partial charge is 0.418 e. The molecule has 0 aliphatic rings. The number of rotatable bonds is 6. The van der Waals surface area contributed by atoms with Crippen molar-refractivity contribution in [3.05, 3.63) is 63.7 Å². The number of benzene rings is 2. The zero-order valence-corrected chi connectivity index (χ0v) is 16.9. The van der Waals surface area contributed by atoms with Gasteiger partial charge in [0.05, 0.1) is 23.2 Å². The first kappa shape index (κ1) is 23.3. The van der Waals surface area contributed by atoms with E-state index in [1.54, 1.807) is 11.9 Å². The van der Waals surface area contributed by atoms with Crippen LogP contribution in [0, 0.1) is 25.5 Å². The lowest BCUT2D eigenvalue weighted by Crippen LogP contribution is -2.15. The highest BCUT2D eigenvalue weighted by Gasteiger charge is 2.35. The minimum absolute atomic E-state index is 0.0816. The summed E-state index contributed by atoms with van der Waals surface area (Å²) in [5.41, 5.74) is -1.72. The van der Waals surface area contributed by atoms with E-state index in [9.17, 15) is 26.7 Å². The molecule has 0 radical (unpaired) electrons. The topological polar surface area (TPSA) is 41.9 Å². The van der Waals surface area contributed by atoms with E-state index in [1.807, 2.05) is 6.92 Å². The van der Waals surface area contributed by atoms with Gasteiger partial charge in [-0.3, -0.25) is 0 Å². The molecule has 0 heterocycles. The molecule has 2 aromatic carbocycles. The molecule has 0 saturated carbocycles. The maximum absolute atomic E-state index is 13.9. The van der Waals surface area contributed by atoms with Gasteiger partial charge in [-0.1, -0.05) is 12.1 Å². The van der Waals surface area contributed by atoms with Crippen LogP contribution in [0.3, 0.4) is 0 Å². The molecule has 0 amide bonds. The highest BCUT2D eigenvalue weighted by molar-refractivity contribution is 5.92. The zero-order valence-electron chi connectivity index (χ0n) is 16.9. The number of ether oxygens (including phenoxy) is 1. The summed E-state index contributed by atoms with van der Waals surface area (Å²) in [6, 6.07) is 4.35. The van der Waals surface area contributed by atoms with Crippen molar-refractivity contribution in [3.63, 3.8) is 0 Å². The van der Waals surface area contributed by atoms with E-state index in [4.69, 9.17) is 4.74 Å². The fourth-order valence-electron chi connectivity index (χ4n) is 2.51. The molecule has 4 nitrogen and oxygen atoms in total. The summed E-state index contributed by atoms with van der Waals surface area (Å²) in [6.45, 7) is 4.54. The highest BCUT2D eigenvalue weighted by Crippen LogP contribution is 2.38. The van der Waals surface area contributed by atoms with E-state index < -0.39 is 36.0 Å². The molecule has 0 spiro atoms. The number of aliphatic imine (C=N–C) groups is 1. The molecule has 30 heavy (non-hydrogen) atoms. The van der Waals surface area contributed by atoms with Crippen LogP contribution in [0.15, 0.2) is 29.3 Å². The van der Waals surface area contributed by atoms with Gasteiger partial charge in [0.25, 0.3) is 0 Å². The fraction of sp³-hybridized carbons (Fsp3) is 0.333. The van der Waals surface area contributed by atoms with Gasteiger partial charge in [0.1, 0.15) is 6.61 Å². The van der Waals surface area contributed by atoms with Gasteiger partial charge in [0.2, 0.25) is 0 Å². The molecule has 0 aliphatic heterocycles. The Balaban J connectivity index is 2.33. The fourth-order valence-corrected chi connectivity index (χ4v) is 2.51. The third-order valence-electron chi connectivity index (χ3n) is 4.47. The highest BCUT2D eigenvalue weighted by atomic mass is 19.4. The van der Waals surface area contributed by atoms with E-state index in [-0.39, 0.29) is 27.9 Å². The Labute approximate surface area is 171 Å². The van der Waals surface area contributed by atoms with Crippen LogP contribution in [0.5, 0.6) is 0 Å². The Bertz CT molecular complexity index is 971. The molecular formula is C21H21F5N2O2. The molecule has 9 heteroatoms. The number of carbonyl (C=O) groups is 1. The van der Waals surface area contributed by atoms with E-state index in [2.05, 4.69) is 4.99 Å². The summed E-state index contributed by atoms with van der Waals surface area (Å²) in [7, 11) is 1.66. The van der Waals surface area contributed by atoms with Crippen LogP contribution >= 0.6 is 0 Å². The van der Waals surface area contributed by atoms with Crippen LogP contribution in [0.4, 0.5) is 27.6 Å². The number of hydrogen-bond donors (Lipinski definition) is 0. The maximum atomic E-state index is 13.9. The first-order valence-electron chi connectivity index (χ1n) is 9.02. The number of esters is 1. The van der Waals surface area contributed by atoms with Gasteiger partial charge in [0, 0.05) is 19.2 Å². The predicted molar refractivity (Wildman–Crippen MR) is 103 cm³/mol. The van der Waals surface area contributed by atoms with E-state index in [1.165, 1.54) is 32.3 Å². The van der Waals surface area contributed by atoms with Crippen LogP contribution in [0.1, 0.15) is 39.5 Å². The lowest BCUT2D eigenvalue weighted by Gasteiger charge is -2.15. The Morgan fingerprint density at radius 3 is 2.40 bits per heavy atom. The van der Waals surface area contributed by atoms with Gasteiger partial charge >= 0.3 is 12.1 Å². The SMILES string of the molecule is CCN(C)/C=N/c1cc(C)c(C(=O)OCc2ccc(C)c(F)c2F)cc1C(F)(F)F. The molecule has 0 atom stereocenters. The predicted octanol–water partition coefficient (Wildman–Crippen LogP) is 5.57. The lowest BCUT2D eigenvalue weighted by atomic mass is 10.0. The quantitative estimate of drug-likeness (QED) is 0.262. The molecular weight excluding hydrogens is 407 g/mol. The molecule has 0 saturated heterocycles. The van der Waals surface area contributed by atoms with Crippen molar-refractivity contribution < 1.29 is 31.5 Å². The van der Waals surface area contributed by atoms with Crippen molar-refractivity contribution >= 4 is 18.0 Å². The van der Waals surface area contributed by atoms with Gasteiger partial charge in [-0.05, 0) is 44.0 Å². The number of carbonyl (C=O) groups excluding carboxylic acids is 1. The largest absolute Gasteiger partial charge is 0.457 e. The third-order valence-corrected chi connectivity index (χ3v) is 4.47. The number of nitrogens with zero attached hydrogens (tertiary/aromatic N) is 2. The normalized spacial score (nSPS) is 11.8. The van der Waals surface area contributed by atoms with Crippen molar-refractivity contribution in [2.45, 2.75) is 33.6 Å². The third kappa shape index (κ3) is 5.34. The maximum Gasteiger partial charge on any atom is 0.418 e. The second-order valence-corrected chi connectivity index (χ2v) is 6.75. The Hall–Kier alpha value is -2.97. The summed E-state index contributed by atoms with van der Waals surface area (Å²) in [6.07, 6.45) is -3.50. The average molecular weight is 428 g/mol. The van der Waals surface area contributed by atoms with E-state index >= 15 is 0 Å². The van der Waals surface area contributed by atoms with Crippen molar-refractivity contribution in [2.75, 3.05) is 13.6 Å². The standard InChI is InChI=1S/C21H21F5N2O2/c1-5-28(4)11-27-17-8-13(3)15(9-16(17)21(24,25)26)20(29)30-10-14-7-6-12(2)18(22)19(14)23/h6-9,11H,5,10H2,1-4H3/b27-11+. The first-order chi connectivity index (χ1) is 14.0. The van der Waals surface area contributed by atoms with Crippen LogP contribution in [0.25, 0.3) is 0 Å². The second kappa shape index (κ2) is 9.23. The van der Waals surface area contributed by atoms with E-state index in [0.29, 0.717) is 12.6 Å². The number of halogens is 5. The molecule has 0 fully saturated rings. The number of aryl methyl sites for hydroxylation is 2. The van der Waals surface area contributed by atoms with E-state index in [0.717, 1.165) is 6.07 Å². The van der Waals surface area contributed by atoms with Crippen molar-refractivity contribution in [3.8, 4) is 0 Å².